The van der Waals surface area contributed by atoms with Gasteiger partial charge in [-0.1, -0.05) is 31.4 Å². The van der Waals surface area contributed by atoms with E-state index in [1.165, 1.54) is 6.42 Å². The zero-order valence-corrected chi connectivity index (χ0v) is 11.7. The molecule has 1 N–H and O–H groups in total. The van der Waals surface area contributed by atoms with Gasteiger partial charge in [0.25, 0.3) is 0 Å². The molecule has 1 aliphatic rings. The number of carbonyl (C=O) groups excluding carboxylic acids is 1. The zero-order valence-electron chi connectivity index (χ0n) is 11.7. The Morgan fingerprint density at radius 1 is 1.26 bits per heavy atom. The minimum absolute atomic E-state index is 0.0412. The van der Waals surface area contributed by atoms with Gasteiger partial charge in [-0.25, -0.2) is 0 Å². The van der Waals surface area contributed by atoms with E-state index in [0.29, 0.717) is 5.75 Å². The SMILES string of the molecule is CC(C)(O)c1cccc(OC(=O)C2CCCCC2)c1. The molecule has 0 unspecified atom stereocenters. The molecular weight excluding hydrogens is 240 g/mol. The summed E-state index contributed by atoms with van der Waals surface area (Å²) in [5.74, 6) is 0.433. The van der Waals surface area contributed by atoms with Gasteiger partial charge in [-0.15, -0.1) is 0 Å². The molecule has 0 spiro atoms. The van der Waals surface area contributed by atoms with Crippen molar-refractivity contribution in [1.82, 2.24) is 0 Å². The van der Waals surface area contributed by atoms with Crippen LogP contribution in [-0.2, 0) is 10.4 Å². The van der Waals surface area contributed by atoms with Gasteiger partial charge >= 0.3 is 5.97 Å². The van der Waals surface area contributed by atoms with E-state index in [2.05, 4.69) is 0 Å². The summed E-state index contributed by atoms with van der Waals surface area (Å²) in [6.45, 7) is 3.43. The van der Waals surface area contributed by atoms with Gasteiger partial charge in [-0.2, -0.15) is 0 Å². The molecule has 1 saturated carbocycles. The van der Waals surface area contributed by atoms with E-state index in [1.54, 1.807) is 32.0 Å². The van der Waals surface area contributed by atoms with Crippen molar-refractivity contribution in [2.75, 3.05) is 0 Å². The lowest BCUT2D eigenvalue weighted by atomic mass is 9.89. The van der Waals surface area contributed by atoms with Gasteiger partial charge in [-0.05, 0) is 44.4 Å². The molecule has 3 nitrogen and oxygen atoms in total. The Kier molecular flexibility index (Phi) is 4.25. The molecule has 0 heterocycles. The molecule has 0 amide bonds. The minimum Gasteiger partial charge on any atom is -0.426 e. The molecule has 0 aromatic heterocycles. The van der Waals surface area contributed by atoms with Crippen molar-refractivity contribution in [3.05, 3.63) is 29.8 Å². The monoisotopic (exact) mass is 262 g/mol. The first-order chi connectivity index (χ1) is 8.97. The molecule has 1 aromatic rings. The van der Waals surface area contributed by atoms with Crippen LogP contribution in [0.2, 0.25) is 0 Å². The Labute approximate surface area is 114 Å². The maximum atomic E-state index is 12.0. The first kappa shape index (κ1) is 14.1. The van der Waals surface area contributed by atoms with Gasteiger partial charge in [0.15, 0.2) is 0 Å². The lowest BCUT2D eigenvalue weighted by Gasteiger charge is -2.21. The fraction of sp³-hybridized carbons (Fsp3) is 0.562. The molecule has 1 aliphatic carbocycles. The van der Waals surface area contributed by atoms with Crippen molar-refractivity contribution in [3.8, 4) is 5.75 Å². The Hall–Kier alpha value is -1.35. The summed E-state index contributed by atoms with van der Waals surface area (Å²) in [6.07, 6.45) is 5.32. The van der Waals surface area contributed by atoms with Crippen molar-refractivity contribution < 1.29 is 14.6 Å². The van der Waals surface area contributed by atoms with Crippen LogP contribution in [0.4, 0.5) is 0 Å². The minimum atomic E-state index is -0.923. The average molecular weight is 262 g/mol. The summed E-state index contributed by atoms with van der Waals surface area (Å²) in [5.41, 5.74) is -0.172. The summed E-state index contributed by atoms with van der Waals surface area (Å²) in [4.78, 5) is 12.0. The summed E-state index contributed by atoms with van der Waals surface area (Å²) >= 11 is 0. The van der Waals surface area contributed by atoms with E-state index in [-0.39, 0.29) is 11.9 Å². The van der Waals surface area contributed by atoms with Crippen molar-refractivity contribution in [1.29, 1.82) is 0 Å². The highest BCUT2D eigenvalue weighted by Crippen LogP contribution is 2.27. The van der Waals surface area contributed by atoms with Gasteiger partial charge in [-0.3, -0.25) is 4.79 Å². The standard InChI is InChI=1S/C16H22O3/c1-16(2,18)13-9-6-10-14(11-13)19-15(17)12-7-4-3-5-8-12/h6,9-12,18H,3-5,7-8H2,1-2H3. The number of benzene rings is 1. The average Bonchev–Trinajstić information content (AvgIpc) is 2.39. The Morgan fingerprint density at radius 3 is 2.58 bits per heavy atom. The van der Waals surface area contributed by atoms with Gasteiger partial charge in [0.1, 0.15) is 5.75 Å². The van der Waals surface area contributed by atoms with Crippen molar-refractivity contribution in [2.24, 2.45) is 5.92 Å². The zero-order chi connectivity index (χ0) is 13.9. The number of carbonyl (C=O) groups is 1. The van der Waals surface area contributed by atoms with Crippen molar-refractivity contribution in [2.45, 2.75) is 51.6 Å². The number of aliphatic hydroxyl groups is 1. The van der Waals surface area contributed by atoms with Gasteiger partial charge in [0.2, 0.25) is 0 Å². The normalized spacial score (nSPS) is 17.2. The van der Waals surface area contributed by atoms with Crippen LogP contribution in [0, 0.1) is 5.92 Å². The second-order valence-corrected chi connectivity index (χ2v) is 5.84. The number of hydrogen-bond donors (Lipinski definition) is 1. The summed E-state index contributed by atoms with van der Waals surface area (Å²) in [6, 6.07) is 7.13. The highest BCUT2D eigenvalue weighted by atomic mass is 16.5. The molecule has 19 heavy (non-hydrogen) atoms. The lowest BCUT2D eigenvalue weighted by molar-refractivity contribution is -0.140. The number of esters is 1. The van der Waals surface area contributed by atoms with E-state index in [9.17, 15) is 9.90 Å². The van der Waals surface area contributed by atoms with Crippen LogP contribution in [0.15, 0.2) is 24.3 Å². The fourth-order valence-electron chi connectivity index (χ4n) is 2.48. The third-order valence-corrected chi connectivity index (χ3v) is 3.70. The highest BCUT2D eigenvalue weighted by Gasteiger charge is 2.23. The van der Waals surface area contributed by atoms with Crippen LogP contribution in [0.5, 0.6) is 5.75 Å². The summed E-state index contributed by atoms with van der Waals surface area (Å²) in [7, 11) is 0. The van der Waals surface area contributed by atoms with Crippen molar-refractivity contribution >= 4 is 5.97 Å². The molecular formula is C16H22O3. The first-order valence-corrected chi connectivity index (χ1v) is 7.01. The number of hydrogen-bond acceptors (Lipinski definition) is 3. The fourth-order valence-corrected chi connectivity index (χ4v) is 2.48. The van der Waals surface area contributed by atoms with Crippen LogP contribution in [0.25, 0.3) is 0 Å². The molecule has 0 atom stereocenters. The van der Waals surface area contributed by atoms with Crippen LogP contribution >= 0.6 is 0 Å². The maximum absolute atomic E-state index is 12.0. The van der Waals surface area contributed by atoms with Crippen LogP contribution in [0.3, 0.4) is 0 Å². The van der Waals surface area contributed by atoms with Crippen LogP contribution in [0.1, 0.15) is 51.5 Å². The lowest BCUT2D eigenvalue weighted by Crippen LogP contribution is -2.23. The summed E-state index contributed by atoms with van der Waals surface area (Å²) in [5, 5.41) is 9.96. The molecule has 0 radical (unpaired) electrons. The van der Waals surface area contributed by atoms with Crippen LogP contribution < -0.4 is 4.74 Å². The van der Waals surface area contributed by atoms with Gasteiger partial charge in [0.05, 0.1) is 11.5 Å². The number of rotatable bonds is 3. The molecule has 2 rings (SSSR count). The van der Waals surface area contributed by atoms with Crippen molar-refractivity contribution in [3.63, 3.8) is 0 Å². The molecule has 104 valence electrons. The molecule has 0 aliphatic heterocycles. The van der Waals surface area contributed by atoms with E-state index in [4.69, 9.17) is 4.74 Å². The van der Waals surface area contributed by atoms with E-state index < -0.39 is 5.60 Å². The molecule has 1 fully saturated rings. The maximum Gasteiger partial charge on any atom is 0.314 e. The Balaban J connectivity index is 2.04. The summed E-state index contributed by atoms with van der Waals surface area (Å²) < 4.78 is 5.44. The van der Waals surface area contributed by atoms with Gasteiger partial charge < -0.3 is 9.84 Å². The molecule has 1 aromatic carbocycles. The van der Waals surface area contributed by atoms with E-state index >= 15 is 0 Å². The second kappa shape index (κ2) is 5.74. The quantitative estimate of drug-likeness (QED) is 0.671. The van der Waals surface area contributed by atoms with Crippen LogP contribution in [-0.4, -0.2) is 11.1 Å². The Morgan fingerprint density at radius 2 is 1.95 bits per heavy atom. The first-order valence-electron chi connectivity index (χ1n) is 7.01. The third-order valence-electron chi connectivity index (χ3n) is 3.70. The van der Waals surface area contributed by atoms with E-state index in [1.807, 2.05) is 6.07 Å². The number of ether oxygens (including phenoxy) is 1. The smallest absolute Gasteiger partial charge is 0.314 e. The third kappa shape index (κ3) is 3.80. The van der Waals surface area contributed by atoms with E-state index in [0.717, 1.165) is 31.2 Å². The molecule has 3 heteroatoms. The predicted molar refractivity (Wildman–Crippen MR) is 73.9 cm³/mol. The Bertz CT molecular complexity index is 440. The molecule has 0 bridgehead atoms. The van der Waals surface area contributed by atoms with Gasteiger partial charge in [0, 0.05) is 0 Å². The second-order valence-electron chi connectivity index (χ2n) is 5.84. The predicted octanol–water partition coefficient (Wildman–Crippen LogP) is 3.40. The largest absolute Gasteiger partial charge is 0.426 e. The topological polar surface area (TPSA) is 46.5 Å². The molecule has 0 saturated heterocycles. The highest BCUT2D eigenvalue weighted by molar-refractivity contribution is 5.75.